The van der Waals surface area contributed by atoms with Crippen LogP contribution in [0.4, 0.5) is 0 Å². The van der Waals surface area contributed by atoms with E-state index in [2.05, 4.69) is 18.7 Å². The van der Waals surface area contributed by atoms with Crippen molar-refractivity contribution in [2.45, 2.75) is 45.6 Å². The zero-order chi connectivity index (χ0) is 9.68. The monoisotopic (exact) mass is 184 g/mol. The molecule has 1 fully saturated rings. The molecule has 0 radical (unpaired) electrons. The maximum absolute atomic E-state index is 6.06. The normalized spacial score (nSPS) is 23.1. The first kappa shape index (κ1) is 11.0. The summed E-state index contributed by atoms with van der Waals surface area (Å²) in [6, 6.07) is 0.359. The third kappa shape index (κ3) is 4.10. The van der Waals surface area contributed by atoms with Gasteiger partial charge in [0.15, 0.2) is 0 Å². The summed E-state index contributed by atoms with van der Waals surface area (Å²) >= 11 is 0. The fraction of sp³-hybridized carbons (Fsp3) is 1.00. The van der Waals surface area contributed by atoms with E-state index in [0.29, 0.717) is 12.0 Å². The molecule has 1 rings (SSSR count). The largest absolute Gasteiger partial charge is 0.326 e. The third-order valence-electron chi connectivity index (χ3n) is 3.02. The van der Waals surface area contributed by atoms with E-state index < -0.39 is 0 Å². The summed E-state index contributed by atoms with van der Waals surface area (Å²) in [6.45, 7) is 8.05. The lowest BCUT2D eigenvalue weighted by atomic mass is 10.1. The fourth-order valence-corrected chi connectivity index (χ4v) is 1.83. The van der Waals surface area contributed by atoms with E-state index >= 15 is 0 Å². The van der Waals surface area contributed by atoms with Crippen LogP contribution in [0.5, 0.6) is 0 Å². The Kier molecular flexibility index (Phi) is 4.74. The van der Waals surface area contributed by atoms with Gasteiger partial charge in [-0.25, -0.2) is 0 Å². The van der Waals surface area contributed by atoms with Crippen LogP contribution in [0.25, 0.3) is 0 Å². The first-order chi connectivity index (χ1) is 6.20. The quantitative estimate of drug-likeness (QED) is 0.725. The van der Waals surface area contributed by atoms with E-state index in [1.807, 2.05) is 0 Å². The minimum atomic E-state index is 0.359. The van der Waals surface area contributed by atoms with Gasteiger partial charge in [0.2, 0.25) is 0 Å². The number of hydrogen-bond donors (Lipinski definition) is 1. The number of nitrogens with zero attached hydrogens (tertiary/aromatic N) is 1. The molecular formula is C11H24N2. The molecule has 0 bridgehead atoms. The summed E-state index contributed by atoms with van der Waals surface area (Å²) in [5.74, 6) is 0.614. The van der Waals surface area contributed by atoms with Crippen molar-refractivity contribution < 1.29 is 0 Å². The predicted octanol–water partition coefficient (Wildman–Crippen LogP) is 1.85. The smallest absolute Gasteiger partial charge is 0.0191 e. The van der Waals surface area contributed by atoms with Gasteiger partial charge in [-0.3, -0.25) is 0 Å². The molecule has 2 heteroatoms. The molecule has 0 spiro atoms. The zero-order valence-electron chi connectivity index (χ0n) is 9.13. The molecule has 13 heavy (non-hydrogen) atoms. The molecule has 78 valence electrons. The number of nitrogens with two attached hydrogens (primary N) is 1. The molecule has 0 aromatic heterocycles. The summed E-state index contributed by atoms with van der Waals surface area (Å²) in [7, 11) is 0. The van der Waals surface area contributed by atoms with Gasteiger partial charge in [0.25, 0.3) is 0 Å². The van der Waals surface area contributed by atoms with Crippen LogP contribution in [0.15, 0.2) is 0 Å². The molecular weight excluding hydrogens is 160 g/mol. The standard InChI is InChI=1S/C11H24N2/c1-10(2)11(12)9-13-7-5-3-4-6-8-13/h10-11H,3-9,12H2,1-2H3. The average molecular weight is 184 g/mol. The van der Waals surface area contributed by atoms with Crippen molar-refractivity contribution in [2.75, 3.05) is 19.6 Å². The Hall–Kier alpha value is -0.0800. The van der Waals surface area contributed by atoms with Crippen LogP contribution in [-0.2, 0) is 0 Å². The third-order valence-corrected chi connectivity index (χ3v) is 3.02. The molecule has 0 saturated carbocycles. The Morgan fingerprint density at radius 1 is 1.08 bits per heavy atom. The van der Waals surface area contributed by atoms with Crippen LogP contribution in [0, 0.1) is 5.92 Å². The van der Waals surface area contributed by atoms with Crippen molar-refractivity contribution in [1.82, 2.24) is 4.90 Å². The van der Waals surface area contributed by atoms with Crippen LogP contribution in [-0.4, -0.2) is 30.6 Å². The van der Waals surface area contributed by atoms with Crippen molar-refractivity contribution >= 4 is 0 Å². The van der Waals surface area contributed by atoms with E-state index in [1.54, 1.807) is 0 Å². The second-order valence-corrected chi connectivity index (χ2v) is 4.62. The topological polar surface area (TPSA) is 29.3 Å². The molecule has 1 heterocycles. The zero-order valence-corrected chi connectivity index (χ0v) is 9.13. The van der Waals surface area contributed by atoms with Crippen LogP contribution in [0.3, 0.4) is 0 Å². The number of likely N-dealkylation sites (tertiary alicyclic amines) is 1. The van der Waals surface area contributed by atoms with Crippen LogP contribution in [0.2, 0.25) is 0 Å². The van der Waals surface area contributed by atoms with Gasteiger partial charge in [-0.05, 0) is 31.8 Å². The molecule has 0 aromatic rings. The minimum Gasteiger partial charge on any atom is -0.326 e. The highest BCUT2D eigenvalue weighted by Gasteiger charge is 2.14. The van der Waals surface area contributed by atoms with E-state index in [4.69, 9.17) is 5.73 Å². The van der Waals surface area contributed by atoms with E-state index in [1.165, 1.54) is 38.8 Å². The lowest BCUT2D eigenvalue weighted by molar-refractivity contribution is 0.246. The summed E-state index contributed by atoms with van der Waals surface area (Å²) in [5, 5.41) is 0. The Morgan fingerprint density at radius 2 is 1.62 bits per heavy atom. The molecule has 2 N–H and O–H groups in total. The van der Waals surface area contributed by atoms with E-state index in [0.717, 1.165) is 6.54 Å². The molecule has 1 saturated heterocycles. The van der Waals surface area contributed by atoms with Crippen molar-refractivity contribution in [3.63, 3.8) is 0 Å². The van der Waals surface area contributed by atoms with Gasteiger partial charge in [0.1, 0.15) is 0 Å². The molecule has 0 amide bonds. The van der Waals surface area contributed by atoms with Crippen LogP contribution >= 0.6 is 0 Å². The van der Waals surface area contributed by atoms with Crippen molar-refractivity contribution in [3.8, 4) is 0 Å². The van der Waals surface area contributed by atoms with E-state index in [9.17, 15) is 0 Å². The summed E-state index contributed by atoms with van der Waals surface area (Å²) < 4.78 is 0. The highest BCUT2D eigenvalue weighted by molar-refractivity contribution is 4.72. The fourth-order valence-electron chi connectivity index (χ4n) is 1.83. The molecule has 0 aliphatic carbocycles. The van der Waals surface area contributed by atoms with Gasteiger partial charge in [0.05, 0.1) is 0 Å². The SMILES string of the molecule is CC(C)C(N)CN1CCCCCC1. The van der Waals surface area contributed by atoms with Crippen molar-refractivity contribution in [2.24, 2.45) is 11.7 Å². The van der Waals surface area contributed by atoms with Gasteiger partial charge < -0.3 is 10.6 Å². The highest BCUT2D eigenvalue weighted by Crippen LogP contribution is 2.11. The second kappa shape index (κ2) is 5.61. The molecule has 1 unspecified atom stereocenters. The predicted molar refractivity (Wildman–Crippen MR) is 57.7 cm³/mol. The van der Waals surface area contributed by atoms with Gasteiger partial charge in [-0.1, -0.05) is 26.7 Å². The minimum absolute atomic E-state index is 0.359. The van der Waals surface area contributed by atoms with Gasteiger partial charge in [0, 0.05) is 12.6 Å². The van der Waals surface area contributed by atoms with Crippen LogP contribution in [0.1, 0.15) is 39.5 Å². The Labute approximate surface area is 82.5 Å². The summed E-state index contributed by atoms with van der Waals surface area (Å²) in [5.41, 5.74) is 6.06. The lowest BCUT2D eigenvalue weighted by Gasteiger charge is -2.25. The lowest BCUT2D eigenvalue weighted by Crippen LogP contribution is -2.41. The maximum atomic E-state index is 6.06. The average Bonchev–Trinajstić information content (AvgIpc) is 2.32. The molecule has 0 aromatic carbocycles. The van der Waals surface area contributed by atoms with Gasteiger partial charge in [-0.15, -0.1) is 0 Å². The number of hydrogen-bond acceptors (Lipinski definition) is 2. The van der Waals surface area contributed by atoms with Crippen molar-refractivity contribution in [1.29, 1.82) is 0 Å². The molecule has 2 nitrogen and oxygen atoms in total. The first-order valence-electron chi connectivity index (χ1n) is 5.68. The van der Waals surface area contributed by atoms with Crippen molar-refractivity contribution in [3.05, 3.63) is 0 Å². The Balaban J connectivity index is 2.25. The Bertz CT molecular complexity index is 126. The Morgan fingerprint density at radius 3 is 2.08 bits per heavy atom. The summed E-state index contributed by atoms with van der Waals surface area (Å²) in [4.78, 5) is 2.54. The van der Waals surface area contributed by atoms with Gasteiger partial charge in [-0.2, -0.15) is 0 Å². The highest BCUT2D eigenvalue weighted by atomic mass is 15.1. The molecule has 1 atom stereocenters. The molecule has 1 aliphatic heterocycles. The maximum Gasteiger partial charge on any atom is 0.0191 e. The van der Waals surface area contributed by atoms with Gasteiger partial charge >= 0.3 is 0 Å². The van der Waals surface area contributed by atoms with Crippen LogP contribution < -0.4 is 5.73 Å². The number of rotatable bonds is 3. The first-order valence-corrected chi connectivity index (χ1v) is 5.68. The molecule has 1 aliphatic rings. The van der Waals surface area contributed by atoms with E-state index in [-0.39, 0.29) is 0 Å². The summed E-state index contributed by atoms with van der Waals surface area (Å²) in [6.07, 6.45) is 5.55. The second-order valence-electron chi connectivity index (χ2n) is 4.62.